The Morgan fingerprint density at radius 2 is 2.09 bits per heavy atom. The quantitative estimate of drug-likeness (QED) is 0.812. The second-order valence-electron chi connectivity index (χ2n) is 6.06. The molecule has 23 heavy (non-hydrogen) atoms. The Bertz CT molecular complexity index is 531. The van der Waals surface area contributed by atoms with E-state index in [0.29, 0.717) is 23.5 Å². The number of rotatable bonds is 4. The van der Waals surface area contributed by atoms with Crippen LogP contribution in [0.15, 0.2) is 12.1 Å². The number of amides is 1. The van der Waals surface area contributed by atoms with Crippen LogP contribution in [0.5, 0.6) is 5.88 Å². The Balaban J connectivity index is 1.69. The molecule has 2 saturated heterocycles. The van der Waals surface area contributed by atoms with E-state index in [2.05, 4.69) is 22.0 Å². The van der Waals surface area contributed by atoms with E-state index in [-0.39, 0.29) is 5.91 Å². The van der Waals surface area contributed by atoms with Crippen LogP contribution in [0.4, 0.5) is 0 Å². The number of aromatic nitrogens is 2. The number of likely N-dealkylation sites (tertiary alicyclic amines) is 1. The Labute approximate surface area is 136 Å². The van der Waals surface area contributed by atoms with Crippen LogP contribution in [0.25, 0.3) is 0 Å². The Kier molecular flexibility index (Phi) is 5.07. The van der Waals surface area contributed by atoms with E-state index < -0.39 is 0 Å². The lowest BCUT2D eigenvalue weighted by Gasteiger charge is -2.34. The van der Waals surface area contributed by atoms with Gasteiger partial charge in [0.05, 0.1) is 20.3 Å². The molecule has 1 aromatic heterocycles. The molecular formula is C16H24N4O3. The average Bonchev–Trinajstić information content (AvgIpc) is 3.06. The summed E-state index contributed by atoms with van der Waals surface area (Å²) in [5.74, 6) is 0.873. The van der Waals surface area contributed by atoms with E-state index in [1.54, 1.807) is 12.1 Å². The van der Waals surface area contributed by atoms with Crippen LogP contribution in [0.3, 0.4) is 0 Å². The van der Waals surface area contributed by atoms with Crippen LogP contribution in [-0.2, 0) is 4.74 Å². The average molecular weight is 320 g/mol. The first-order chi connectivity index (χ1) is 11.2. The highest BCUT2D eigenvalue weighted by molar-refractivity contribution is 5.92. The van der Waals surface area contributed by atoms with Gasteiger partial charge >= 0.3 is 0 Å². The normalized spacial score (nSPS) is 25.6. The van der Waals surface area contributed by atoms with Gasteiger partial charge in [0.25, 0.3) is 5.91 Å². The molecule has 3 heterocycles. The number of hydrogen-bond donors (Lipinski definition) is 0. The number of methoxy groups -OCH3 is 1. The summed E-state index contributed by atoms with van der Waals surface area (Å²) in [4.78, 5) is 17.0. The molecule has 7 heteroatoms. The number of hydrogen-bond acceptors (Lipinski definition) is 6. The van der Waals surface area contributed by atoms with E-state index >= 15 is 0 Å². The minimum absolute atomic E-state index is 0.0469. The van der Waals surface area contributed by atoms with Crippen LogP contribution >= 0.6 is 0 Å². The minimum Gasteiger partial charge on any atom is -0.480 e. The van der Waals surface area contributed by atoms with Gasteiger partial charge in [-0.15, -0.1) is 10.2 Å². The van der Waals surface area contributed by atoms with Crippen molar-refractivity contribution in [3.8, 4) is 5.88 Å². The number of ether oxygens (including phenoxy) is 2. The molecule has 1 aromatic rings. The SMILES string of the molecule is CC[C@H]1CN(C(=O)c2ccc(OC)nn2)C[C@@H]1N1CCOCC1. The summed E-state index contributed by atoms with van der Waals surface area (Å²) >= 11 is 0. The number of morpholine rings is 1. The zero-order valence-corrected chi connectivity index (χ0v) is 13.8. The molecule has 3 rings (SSSR count). The van der Waals surface area contributed by atoms with Crippen LogP contribution in [-0.4, -0.2) is 78.4 Å². The summed E-state index contributed by atoms with van der Waals surface area (Å²) in [5, 5.41) is 7.87. The van der Waals surface area contributed by atoms with Gasteiger partial charge in [-0.1, -0.05) is 13.3 Å². The van der Waals surface area contributed by atoms with Gasteiger partial charge in [0.1, 0.15) is 0 Å². The summed E-state index contributed by atoms with van der Waals surface area (Å²) in [6.45, 7) is 7.20. The monoisotopic (exact) mass is 320 g/mol. The maximum absolute atomic E-state index is 12.7. The van der Waals surface area contributed by atoms with Crippen molar-refractivity contribution in [2.45, 2.75) is 19.4 Å². The zero-order valence-electron chi connectivity index (χ0n) is 13.8. The molecule has 2 fully saturated rings. The van der Waals surface area contributed by atoms with Crippen molar-refractivity contribution in [2.75, 3.05) is 46.5 Å². The fourth-order valence-corrected chi connectivity index (χ4v) is 3.45. The molecular weight excluding hydrogens is 296 g/mol. The van der Waals surface area contributed by atoms with Crippen LogP contribution < -0.4 is 4.74 Å². The van der Waals surface area contributed by atoms with Gasteiger partial charge in [-0.3, -0.25) is 9.69 Å². The largest absolute Gasteiger partial charge is 0.480 e. The topological polar surface area (TPSA) is 67.8 Å². The van der Waals surface area contributed by atoms with Gasteiger partial charge in [0.15, 0.2) is 5.69 Å². The van der Waals surface area contributed by atoms with Crippen molar-refractivity contribution < 1.29 is 14.3 Å². The van der Waals surface area contributed by atoms with Crippen molar-refractivity contribution in [2.24, 2.45) is 5.92 Å². The van der Waals surface area contributed by atoms with Gasteiger partial charge in [0.2, 0.25) is 5.88 Å². The third kappa shape index (κ3) is 3.45. The van der Waals surface area contributed by atoms with E-state index in [4.69, 9.17) is 9.47 Å². The number of carbonyl (C=O) groups excluding carboxylic acids is 1. The molecule has 0 saturated carbocycles. The molecule has 2 aliphatic rings. The molecule has 0 radical (unpaired) electrons. The van der Waals surface area contributed by atoms with Crippen molar-refractivity contribution in [1.29, 1.82) is 0 Å². The summed E-state index contributed by atoms with van der Waals surface area (Å²) in [5.41, 5.74) is 0.378. The van der Waals surface area contributed by atoms with E-state index in [1.807, 2.05) is 4.90 Å². The van der Waals surface area contributed by atoms with Crippen LogP contribution in [0.2, 0.25) is 0 Å². The first kappa shape index (κ1) is 16.1. The molecule has 126 valence electrons. The number of nitrogens with zero attached hydrogens (tertiary/aromatic N) is 4. The van der Waals surface area contributed by atoms with Crippen molar-refractivity contribution in [1.82, 2.24) is 20.0 Å². The van der Waals surface area contributed by atoms with Gasteiger partial charge < -0.3 is 14.4 Å². The van der Waals surface area contributed by atoms with Gasteiger partial charge in [0, 0.05) is 38.3 Å². The van der Waals surface area contributed by atoms with Gasteiger partial charge in [-0.05, 0) is 12.0 Å². The molecule has 0 bridgehead atoms. The molecule has 0 aromatic carbocycles. The molecule has 0 aliphatic carbocycles. The lowest BCUT2D eigenvalue weighted by Crippen LogP contribution is -2.47. The van der Waals surface area contributed by atoms with Crippen molar-refractivity contribution >= 4 is 5.91 Å². The fourth-order valence-electron chi connectivity index (χ4n) is 3.45. The van der Waals surface area contributed by atoms with E-state index in [9.17, 15) is 4.79 Å². The highest BCUT2D eigenvalue weighted by Gasteiger charge is 2.38. The third-order valence-corrected chi connectivity index (χ3v) is 4.80. The van der Waals surface area contributed by atoms with Crippen LogP contribution in [0, 0.1) is 5.92 Å². The van der Waals surface area contributed by atoms with Crippen molar-refractivity contribution in [3.63, 3.8) is 0 Å². The first-order valence-corrected chi connectivity index (χ1v) is 8.21. The Hall–Kier alpha value is -1.73. The molecule has 2 aliphatic heterocycles. The lowest BCUT2D eigenvalue weighted by molar-refractivity contribution is 0.0102. The van der Waals surface area contributed by atoms with Crippen molar-refractivity contribution in [3.05, 3.63) is 17.8 Å². The number of carbonyl (C=O) groups is 1. The van der Waals surface area contributed by atoms with Gasteiger partial charge in [-0.25, -0.2) is 0 Å². The Morgan fingerprint density at radius 1 is 1.30 bits per heavy atom. The maximum Gasteiger partial charge on any atom is 0.274 e. The highest BCUT2D eigenvalue weighted by atomic mass is 16.5. The molecule has 7 nitrogen and oxygen atoms in total. The zero-order chi connectivity index (χ0) is 16.2. The highest BCUT2D eigenvalue weighted by Crippen LogP contribution is 2.26. The summed E-state index contributed by atoms with van der Waals surface area (Å²) in [7, 11) is 1.53. The second kappa shape index (κ2) is 7.23. The minimum atomic E-state index is -0.0469. The summed E-state index contributed by atoms with van der Waals surface area (Å²) in [6.07, 6.45) is 1.07. The third-order valence-electron chi connectivity index (χ3n) is 4.80. The molecule has 0 spiro atoms. The predicted octanol–water partition coefficient (Wildman–Crippen LogP) is 0.668. The Morgan fingerprint density at radius 3 is 2.70 bits per heavy atom. The summed E-state index contributed by atoms with van der Waals surface area (Å²) in [6, 6.07) is 3.77. The fraction of sp³-hybridized carbons (Fsp3) is 0.688. The maximum atomic E-state index is 12.7. The molecule has 2 atom stereocenters. The van der Waals surface area contributed by atoms with Gasteiger partial charge in [-0.2, -0.15) is 0 Å². The predicted molar refractivity (Wildman–Crippen MR) is 84.4 cm³/mol. The summed E-state index contributed by atoms with van der Waals surface area (Å²) < 4.78 is 10.4. The smallest absolute Gasteiger partial charge is 0.274 e. The molecule has 0 unspecified atom stereocenters. The molecule has 1 amide bonds. The van der Waals surface area contributed by atoms with E-state index in [0.717, 1.165) is 45.8 Å². The second-order valence-corrected chi connectivity index (χ2v) is 6.06. The standard InChI is InChI=1S/C16H24N4O3/c1-3-12-10-20(11-14(12)19-6-8-23-9-7-19)16(21)13-4-5-15(22-2)18-17-13/h4-5,12,14H,3,6-11H2,1-2H3/t12-,14-/m0/s1. The van der Waals surface area contributed by atoms with E-state index in [1.165, 1.54) is 7.11 Å². The first-order valence-electron chi connectivity index (χ1n) is 8.21. The van der Waals surface area contributed by atoms with Crippen LogP contribution in [0.1, 0.15) is 23.8 Å². The molecule has 0 N–H and O–H groups in total. The lowest BCUT2D eigenvalue weighted by atomic mass is 9.99.